The number of halogens is 2. The zero-order valence-electron chi connectivity index (χ0n) is 11.3. The molecule has 1 N–H and O–H groups in total. The van der Waals surface area contributed by atoms with Gasteiger partial charge in [0.2, 0.25) is 11.8 Å². The zero-order valence-corrected chi connectivity index (χ0v) is 14.5. The van der Waals surface area contributed by atoms with E-state index in [0.29, 0.717) is 11.8 Å². The molecule has 1 aromatic carbocycles. The molecule has 0 aliphatic carbocycles. The van der Waals surface area contributed by atoms with Gasteiger partial charge in [0.15, 0.2) is 0 Å². The number of ether oxygens (including phenoxy) is 1. The number of rotatable bonds is 5. The number of hydrogen-bond acceptors (Lipinski definition) is 4. The van der Waals surface area contributed by atoms with Gasteiger partial charge in [-0.15, -0.1) is 0 Å². The average Bonchev–Trinajstić information content (AvgIpc) is 2.42. The van der Waals surface area contributed by atoms with Crippen LogP contribution in [0.4, 0.5) is 5.95 Å². The molecule has 0 aliphatic rings. The number of anilines is 1. The summed E-state index contributed by atoms with van der Waals surface area (Å²) >= 11 is 6.89. The maximum atomic E-state index is 5.86. The molecule has 0 saturated carbocycles. The van der Waals surface area contributed by atoms with Crippen LogP contribution in [-0.4, -0.2) is 16.5 Å². The highest BCUT2D eigenvalue weighted by Gasteiger charge is 2.09. The van der Waals surface area contributed by atoms with E-state index in [2.05, 4.69) is 54.1 Å². The van der Waals surface area contributed by atoms with Gasteiger partial charge in [-0.2, -0.15) is 4.98 Å². The Kier molecular flexibility index (Phi) is 5.37. The maximum absolute atomic E-state index is 5.86. The topological polar surface area (TPSA) is 47.0 Å². The second kappa shape index (κ2) is 7.04. The number of hydrogen-bond donors (Lipinski definition) is 1. The lowest BCUT2D eigenvalue weighted by Crippen LogP contribution is -2.05. The van der Waals surface area contributed by atoms with Crippen molar-refractivity contribution in [3.05, 3.63) is 38.9 Å². The van der Waals surface area contributed by atoms with Crippen molar-refractivity contribution in [2.75, 3.05) is 11.9 Å². The minimum atomic E-state index is 0.557. The molecular weight excluding hydrogens is 386 g/mol. The molecule has 2 rings (SSSR count). The summed E-state index contributed by atoms with van der Waals surface area (Å²) in [5.41, 5.74) is 0.891. The predicted molar refractivity (Wildman–Crippen MR) is 87.5 cm³/mol. The van der Waals surface area contributed by atoms with Crippen LogP contribution in [0.15, 0.2) is 33.3 Å². The molecule has 6 heteroatoms. The fourth-order valence-corrected chi connectivity index (χ4v) is 2.64. The molecule has 0 spiro atoms. The fraction of sp³-hybridized carbons (Fsp3) is 0.286. The monoisotopic (exact) mass is 399 g/mol. The van der Waals surface area contributed by atoms with Gasteiger partial charge in [-0.25, -0.2) is 4.98 Å². The first kappa shape index (κ1) is 15.3. The highest BCUT2D eigenvalue weighted by molar-refractivity contribution is 9.11. The molecule has 0 radical (unpaired) electrons. The molecule has 0 amide bonds. The van der Waals surface area contributed by atoms with Crippen LogP contribution in [0.25, 0.3) is 0 Å². The van der Waals surface area contributed by atoms with E-state index in [4.69, 9.17) is 4.74 Å². The molecule has 1 heterocycles. The van der Waals surface area contributed by atoms with Crippen molar-refractivity contribution < 1.29 is 4.74 Å². The van der Waals surface area contributed by atoms with Crippen LogP contribution in [0.1, 0.15) is 18.9 Å². The van der Waals surface area contributed by atoms with Gasteiger partial charge in [-0.3, -0.25) is 0 Å². The second-order valence-corrected chi connectivity index (χ2v) is 6.06. The summed E-state index contributed by atoms with van der Waals surface area (Å²) in [4.78, 5) is 8.62. The summed E-state index contributed by atoms with van der Waals surface area (Å²) in [5.74, 6) is 1.86. The molecule has 20 heavy (non-hydrogen) atoms. The van der Waals surface area contributed by atoms with E-state index in [9.17, 15) is 0 Å². The molecule has 0 fully saturated rings. The lowest BCUT2D eigenvalue weighted by Gasteiger charge is -2.11. The van der Waals surface area contributed by atoms with Crippen molar-refractivity contribution in [3.63, 3.8) is 0 Å². The third-order valence-corrected chi connectivity index (χ3v) is 3.67. The van der Waals surface area contributed by atoms with E-state index in [1.54, 1.807) is 6.20 Å². The van der Waals surface area contributed by atoms with Crippen LogP contribution in [0, 0.1) is 6.92 Å². The van der Waals surface area contributed by atoms with Crippen molar-refractivity contribution >= 4 is 37.8 Å². The highest BCUT2D eigenvalue weighted by Crippen LogP contribution is 2.32. The van der Waals surface area contributed by atoms with Gasteiger partial charge in [-0.05, 0) is 47.5 Å². The smallest absolute Gasteiger partial charge is 0.227 e. The summed E-state index contributed by atoms with van der Waals surface area (Å²) in [6, 6.07) is 5.74. The summed E-state index contributed by atoms with van der Waals surface area (Å²) in [5, 5.41) is 3.15. The van der Waals surface area contributed by atoms with Gasteiger partial charge < -0.3 is 10.1 Å². The van der Waals surface area contributed by atoms with Gasteiger partial charge in [0.05, 0.1) is 4.47 Å². The molecule has 0 bridgehead atoms. The molecular formula is C14H15Br2N3O. The van der Waals surface area contributed by atoms with Crippen molar-refractivity contribution in [1.29, 1.82) is 0 Å². The normalized spacial score (nSPS) is 10.4. The van der Waals surface area contributed by atoms with Crippen LogP contribution in [0.2, 0.25) is 0 Å². The lowest BCUT2D eigenvalue weighted by molar-refractivity contribution is 0.455. The van der Waals surface area contributed by atoms with Crippen LogP contribution in [-0.2, 0) is 0 Å². The molecule has 1 aromatic heterocycles. The third kappa shape index (κ3) is 3.93. The van der Waals surface area contributed by atoms with E-state index in [1.165, 1.54) is 0 Å². The first-order valence-corrected chi connectivity index (χ1v) is 7.89. The Morgan fingerprint density at radius 3 is 2.80 bits per heavy atom. The third-order valence-electron chi connectivity index (χ3n) is 2.56. The van der Waals surface area contributed by atoms with Gasteiger partial charge in [0.25, 0.3) is 0 Å². The van der Waals surface area contributed by atoms with Crippen LogP contribution < -0.4 is 10.1 Å². The van der Waals surface area contributed by atoms with Gasteiger partial charge in [0.1, 0.15) is 5.75 Å². The Bertz CT molecular complexity index is 605. The molecule has 4 nitrogen and oxygen atoms in total. The summed E-state index contributed by atoms with van der Waals surface area (Å²) in [6.07, 6.45) is 2.78. The Morgan fingerprint density at radius 1 is 1.30 bits per heavy atom. The molecule has 0 saturated heterocycles. The largest absolute Gasteiger partial charge is 0.437 e. The van der Waals surface area contributed by atoms with Crippen LogP contribution in [0.3, 0.4) is 0 Å². The van der Waals surface area contributed by atoms with E-state index < -0.39 is 0 Å². The van der Waals surface area contributed by atoms with E-state index in [1.807, 2.05) is 25.1 Å². The minimum Gasteiger partial charge on any atom is -0.437 e. The van der Waals surface area contributed by atoms with Gasteiger partial charge >= 0.3 is 0 Å². The molecule has 106 valence electrons. The van der Waals surface area contributed by atoms with Gasteiger partial charge in [-0.1, -0.05) is 22.9 Å². The number of benzene rings is 1. The first-order chi connectivity index (χ1) is 9.60. The Morgan fingerprint density at radius 2 is 2.10 bits per heavy atom. The van der Waals surface area contributed by atoms with Gasteiger partial charge in [0, 0.05) is 22.8 Å². The van der Waals surface area contributed by atoms with Crippen molar-refractivity contribution in [2.24, 2.45) is 0 Å². The average molecular weight is 401 g/mol. The van der Waals surface area contributed by atoms with Crippen molar-refractivity contribution in [3.8, 4) is 11.6 Å². The molecule has 0 unspecified atom stereocenters. The molecule has 0 atom stereocenters. The quantitative estimate of drug-likeness (QED) is 0.773. The summed E-state index contributed by atoms with van der Waals surface area (Å²) < 4.78 is 7.71. The Hall–Kier alpha value is -1.14. The summed E-state index contributed by atoms with van der Waals surface area (Å²) in [6.45, 7) is 4.85. The second-order valence-electron chi connectivity index (χ2n) is 4.29. The van der Waals surface area contributed by atoms with E-state index >= 15 is 0 Å². The lowest BCUT2D eigenvalue weighted by atomic mass is 10.3. The fourth-order valence-electron chi connectivity index (χ4n) is 1.51. The number of nitrogens with one attached hydrogen (secondary N) is 1. The van der Waals surface area contributed by atoms with Crippen LogP contribution in [0.5, 0.6) is 11.6 Å². The molecule has 0 aliphatic heterocycles. The number of aromatic nitrogens is 2. The van der Waals surface area contributed by atoms with Crippen molar-refractivity contribution in [1.82, 2.24) is 9.97 Å². The highest BCUT2D eigenvalue weighted by atomic mass is 79.9. The zero-order chi connectivity index (χ0) is 14.5. The SMILES string of the molecule is CCCNc1ncc(C)c(Oc2ccc(Br)cc2Br)n1. The van der Waals surface area contributed by atoms with Crippen molar-refractivity contribution in [2.45, 2.75) is 20.3 Å². The number of nitrogens with zero attached hydrogens (tertiary/aromatic N) is 2. The standard InChI is InChI=1S/C14H15Br2N3O/c1-3-6-17-14-18-8-9(2)13(19-14)20-12-5-4-10(15)7-11(12)16/h4-5,7-8H,3,6H2,1-2H3,(H,17,18,19). The van der Waals surface area contributed by atoms with E-state index in [0.717, 1.165) is 33.2 Å². The Balaban J connectivity index is 2.23. The van der Waals surface area contributed by atoms with E-state index in [-0.39, 0.29) is 0 Å². The number of aryl methyl sites for hydroxylation is 1. The van der Waals surface area contributed by atoms with Crippen LogP contribution >= 0.6 is 31.9 Å². The maximum Gasteiger partial charge on any atom is 0.227 e. The Labute approximate surface area is 135 Å². The first-order valence-electron chi connectivity index (χ1n) is 6.30. The summed E-state index contributed by atoms with van der Waals surface area (Å²) in [7, 11) is 0. The predicted octanol–water partition coefficient (Wildman–Crippen LogP) is 4.92. The molecule has 2 aromatic rings. The minimum absolute atomic E-state index is 0.557.